The zero-order valence-electron chi connectivity index (χ0n) is 17.8. The Morgan fingerprint density at radius 2 is 0.912 bits per heavy atom. The predicted molar refractivity (Wildman–Crippen MR) is 127 cm³/mol. The first-order chi connectivity index (χ1) is 14.6. The van der Waals surface area contributed by atoms with Crippen molar-refractivity contribution in [3.63, 3.8) is 0 Å². The molecular weight excluding hydrogens is 506 g/mol. The Labute approximate surface area is 230 Å². The van der Waals surface area contributed by atoms with Gasteiger partial charge in [-0.3, -0.25) is 9.59 Å². The molecule has 0 radical (unpaired) electrons. The molecule has 2 aromatic rings. The van der Waals surface area contributed by atoms with Crippen LogP contribution in [0.4, 0.5) is 0 Å². The van der Waals surface area contributed by atoms with Crippen molar-refractivity contribution >= 4 is 63.3 Å². The van der Waals surface area contributed by atoms with Gasteiger partial charge in [-0.1, -0.05) is 69.2 Å². The second-order valence-electron chi connectivity index (χ2n) is 6.26. The van der Waals surface area contributed by atoms with Gasteiger partial charge >= 0.3 is 37.7 Å². The molecule has 0 amide bonds. The molecule has 0 spiro atoms. The minimum Gasteiger partial charge on any atom is -0.869 e. The van der Waals surface area contributed by atoms with E-state index in [2.05, 4.69) is 8.75 Å². The van der Waals surface area contributed by atoms with Crippen LogP contribution in [0.3, 0.4) is 0 Å². The van der Waals surface area contributed by atoms with Crippen LogP contribution in [0.5, 0.6) is 11.5 Å². The molecule has 0 unspecified atom stereocenters. The molecule has 0 saturated heterocycles. The van der Waals surface area contributed by atoms with Gasteiger partial charge in [0, 0.05) is 42.6 Å². The maximum absolute atomic E-state index is 11.7. The third kappa shape index (κ3) is 4.94. The van der Waals surface area contributed by atoms with E-state index in [9.17, 15) is 19.8 Å². The summed E-state index contributed by atoms with van der Waals surface area (Å²) >= 11 is 0. The van der Waals surface area contributed by atoms with Gasteiger partial charge in [-0.2, -0.15) is 8.75 Å². The standard InChI is InChI=1S/2C10H5NO2S2.2Li.2H2O/c2*12-8-6-4-2-1-3-5(6)7-10(9(8)13)14-15-11-7;;;;/h2*1-4,13H;;;2*1H2/q;;2*+1;;/p-2. The number of nitrogens with zero attached hydrogens (tertiary/aromatic N) is 2. The van der Waals surface area contributed by atoms with Crippen LogP contribution in [0.25, 0.3) is 42.7 Å². The van der Waals surface area contributed by atoms with Crippen molar-refractivity contribution < 1.29 is 58.9 Å². The fourth-order valence-corrected chi connectivity index (χ4v) is 6.93. The predicted octanol–water partition coefficient (Wildman–Crippen LogP) is -3.85. The number of benzene rings is 4. The van der Waals surface area contributed by atoms with Crippen molar-refractivity contribution in [2.75, 3.05) is 0 Å². The molecule has 14 heteroatoms. The first-order valence-electron chi connectivity index (χ1n) is 8.53. The molecule has 2 aliphatic carbocycles. The number of fused-ring (bicyclic) bond motifs is 6. The first-order valence-corrected chi connectivity index (χ1v) is 12.7. The van der Waals surface area contributed by atoms with E-state index in [1.165, 1.54) is 41.8 Å². The van der Waals surface area contributed by atoms with Gasteiger partial charge in [-0.05, 0) is 11.5 Å². The van der Waals surface area contributed by atoms with Crippen LogP contribution in [0.2, 0.25) is 0 Å². The minimum atomic E-state index is -0.428. The van der Waals surface area contributed by atoms with Crippen molar-refractivity contribution in [1.82, 2.24) is 8.75 Å². The SMILES string of the molecule is O.O.O=c1c([O-])c2ssnc-2c2ccccc12.O=c1c([O-])c2ssnc-2c2ccccc12.[Li+].[Li+]. The molecule has 0 bridgehead atoms. The number of hydrogen-bond acceptors (Lipinski definition) is 10. The summed E-state index contributed by atoms with van der Waals surface area (Å²) in [6.45, 7) is 0. The second-order valence-corrected chi connectivity index (χ2v) is 9.97. The van der Waals surface area contributed by atoms with E-state index in [-0.39, 0.29) is 48.7 Å². The zero-order chi connectivity index (χ0) is 20.8. The van der Waals surface area contributed by atoms with Gasteiger partial charge in [0.1, 0.15) is 11.4 Å². The van der Waals surface area contributed by atoms with E-state index < -0.39 is 22.4 Å². The number of aromatic nitrogens is 2. The number of hydrogen-bond donors (Lipinski definition) is 0. The number of rotatable bonds is 0. The maximum Gasteiger partial charge on any atom is 1.00 e. The second kappa shape index (κ2) is 12.2. The molecule has 0 atom stereocenters. The normalized spacial score (nSPS) is 9.88. The van der Waals surface area contributed by atoms with Gasteiger partial charge in [0.25, 0.3) is 0 Å². The molecule has 2 aromatic carbocycles. The summed E-state index contributed by atoms with van der Waals surface area (Å²) in [5, 5.41) is 25.8. The van der Waals surface area contributed by atoms with Crippen LogP contribution >= 0.6 is 41.8 Å². The summed E-state index contributed by atoms with van der Waals surface area (Å²) < 4.78 is 8.34. The fraction of sp³-hybridized carbons (Fsp3) is 0. The average Bonchev–Trinajstić information content (AvgIpc) is 3.47. The van der Waals surface area contributed by atoms with Gasteiger partial charge in [0.15, 0.2) is 10.9 Å². The first kappa shape index (κ1) is 30.2. The molecule has 8 nitrogen and oxygen atoms in total. The van der Waals surface area contributed by atoms with E-state index in [1.807, 2.05) is 24.3 Å². The van der Waals surface area contributed by atoms with Crippen molar-refractivity contribution in [2.45, 2.75) is 0 Å². The molecule has 0 fully saturated rings. The summed E-state index contributed by atoms with van der Waals surface area (Å²) in [7, 11) is 5.01. The Hall–Kier alpha value is -1.81. The molecule has 0 saturated carbocycles. The van der Waals surface area contributed by atoms with Gasteiger partial charge in [0.05, 0.1) is 9.75 Å². The van der Waals surface area contributed by atoms with Crippen LogP contribution in [0, 0.1) is 0 Å². The Bertz CT molecular complexity index is 1480. The molecule has 2 heterocycles. The fourth-order valence-electron chi connectivity index (χ4n) is 3.21. The molecule has 0 aromatic heterocycles. The topological polar surface area (TPSA) is 169 Å². The molecule has 6 rings (SSSR count). The Balaban J connectivity index is 0.000000304. The van der Waals surface area contributed by atoms with E-state index in [0.717, 1.165) is 10.8 Å². The molecule has 164 valence electrons. The van der Waals surface area contributed by atoms with Crippen molar-refractivity contribution in [1.29, 1.82) is 0 Å². The summed E-state index contributed by atoms with van der Waals surface area (Å²) in [5.41, 5.74) is 0.472. The van der Waals surface area contributed by atoms with Gasteiger partial charge in [-0.15, -0.1) is 0 Å². The largest absolute Gasteiger partial charge is 1.00 e. The smallest absolute Gasteiger partial charge is 0.869 e. The van der Waals surface area contributed by atoms with E-state index in [1.54, 1.807) is 24.3 Å². The molecule has 2 aliphatic heterocycles. The summed E-state index contributed by atoms with van der Waals surface area (Å²) in [6.07, 6.45) is 0. The summed E-state index contributed by atoms with van der Waals surface area (Å²) in [4.78, 5) is 24.4. The third-order valence-electron chi connectivity index (χ3n) is 4.61. The van der Waals surface area contributed by atoms with Crippen molar-refractivity contribution in [3.8, 4) is 32.6 Å². The van der Waals surface area contributed by atoms with Crippen LogP contribution in [0.1, 0.15) is 0 Å². The van der Waals surface area contributed by atoms with Crippen molar-refractivity contribution in [2.24, 2.45) is 0 Å². The molecular formula is C20H12Li2N2O6S4. The molecule has 34 heavy (non-hydrogen) atoms. The van der Waals surface area contributed by atoms with Gasteiger partial charge in [0.2, 0.25) is 0 Å². The van der Waals surface area contributed by atoms with Crippen LogP contribution in [-0.2, 0) is 0 Å². The summed E-state index contributed by atoms with van der Waals surface area (Å²) in [6, 6.07) is 14.2. The van der Waals surface area contributed by atoms with Gasteiger partial charge in [-0.25, -0.2) is 0 Å². The molecule has 4 aliphatic rings. The Morgan fingerprint density at radius 3 is 1.26 bits per heavy atom. The van der Waals surface area contributed by atoms with Gasteiger partial charge < -0.3 is 21.2 Å². The van der Waals surface area contributed by atoms with Crippen LogP contribution < -0.4 is 58.8 Å². The average molecular weight is 518 g/mol. The minimum absolute atomic E-state index is 0. The van der Waals surface area contributed by atoms with E-state index >= 15 is 0 Å². The van der Waals surface area contributed by atoms with E-state index in [0.29, 0.717) is 31.9 Å². The third-order valence-corrected chi connectivity index (χ3v) is 8.26. The van der Waals surface area contributed by atoms with Crippen LogP contribution in [0.15, 0.2) is 58.1 Å². The quantitative estimate of drug-likeness (QED) is 0.147. The summed E-state index contributed by atoms with van der Waals surface area (Å²) in [5.74, 6) is -0.857. The molecule has 4 N–H and O–H groups in total. The Morgan fingerprint density at radius 1 is 0.588 bits per heavy atom. The zero-order valence-corrected chi connectivity index (χ0v) is 21.0. The van der Waals surface area contributed by atoms with Crippen LogP contribution in [-0.4, -0.2) is 19.7 Å². The Kier molecular flexibility index (Phi) is 10.9. The van der Waals surface area contributed by atoms with E-state index in [4.69, 9.17) is 0 Å². The maximum atomic E-state index is 11.7. The van der Waals surface area contributed by atoms with Crippen molar-refractivity contribution in [3.05, 3.63) is 69.0 Å². The monoisotopic (exact) mass is 518 g/mol.